The van der Waals surface area contributed by atoms with Crippen molar-refractivity contribution in [2.24, 2.45) is 5.73 Å². The summed E-state index contributed by atoms with van der Waals surface area (Å²) in [7, 11) is -4.39. The zero-order valence-electron chi connectivity index (χ0n) is 50.4. The van der Waals surface area contributed by atoms with Crippen LogP contribution in [-0.4, -0.2) is 49.3 Å². The van der Waals surface area contributed by atoms with Gasteiger partial charge < -0.3 is 20.1 Å². The van der Waals surface area contributed by atoms with Crippen molar-refractivity contribution >= 4 is 19.8 Å². The highest BCUT2D eigenvalue weighted by Gasteiger charge is 2.26. The molecule has 77 heavy (non-hydrogen) atoms. The van der Waals surface area contributed by atoms with Crippen LogP contribution in [0, 0.1) is 0 Å². The third kappa shape index (κ3) is 62.8. The first-order valence-electron chi connectivity index (χ1n) is 32.8. The molecule has 0 heterocycles. The van der Waals surface area contributed by atoms with Gasteiger partial charge in [0, 0.05) is 19.4 Å². The highest BCUT2D eigenvalue weighted by molar-refractivity contribution is 7.47. The summed E-state index contributed by atoms with van der Waals surface area (Å²) in [4.78, 5) is 35.3. The zero-order valence-corrected chi connectivity index (χ0v) is 51.3. The minimum absolute atomic E-state index is 0.0554. The largest absolute Gasteiger partial charge is 0.472 e. The number of phosphoric ester groups is 1. The fraction of sp³-hybridized carbons (Fsp3) is 0.821. The van der Waals surface area contributed by atoms with Crippen molar-refractivity contribution in [3.05, 3.63) is 60.8 Å². The summed E-state index contributed by atoms with van der Waals surface area (Å²) in [6.07, 6.45) is 80.2. The lowest BCUT2D eigenvalue weighted by Crippen LogP contribution is -2.29. The Morgan fingerprint density at radius 3 is 1.06 bits per heavy atom. The molecule has 0 radical (unpaired) electrons. The van der Waals surface area contributed by atoms with E-state index in [0.29, 0.717) is 6.42 Å². The van der Waals surface area contributed by atoms with E-state index in [4.69, 9.17) is 24.3 Å². The summed E-state index contributed by atoms with van der Waals surface area (Å²) >= 11 is 0. The first kappa shape index (κ1) is 74.7. The summed E-state index contributed by atoms with van der Waals surface area (Å²) in [5.74, 6) is -0.808. The molecule has 0 saturated heterocycles. The van der Waals surface area contributed by atoms with Gasteiger partial charge in [0.2, 0.25) is 0 Å². The van der Waals surface area contributed by atoms with Crippen molar-refractivity contribution in [1.29, 1.82) is 0 Å². The second kappa shape index (κ2) is 62.9. The number of phosphoric acid groups is 1. The Morgan fingerprint density at radius 1 is 0.403 bits per heavy atom. The number of esters is 2. The molecule has 450 valence electrons. The SMILES string of the molecule is CC/C=C\C/C=C\C/C=C\C/C=C\C/C=C\CCCCCCCCCCCCCCCCCCCCCCCC(=O)OC(COC(=O)CCCCCCCCCCCCCCCCCCCCC)COP(=O)(O)OCCN. The maximum Gasteiger partial charge on any atom is 0.472 e. The summed E-state index contributed by atoms with van der Waals surface area (Å²) in [5.41, 5.74) is 5.39. The fourth-order valence-electron chi connectivity index (χ4n) is 9.61. The molecule has 0 aliphatic carbocycles. The van der Waals surface area contributed by atoms with E-state index in [0.717, 1.165) is 64.2 Å². The van der Waals surface area contributed by atoms with Crippen LogP contribution in [0.2, 0.25) is 0 Å². The Morgan fingerprint density at radius 2 is 0.714 bits per heavy atom. The standard InChI is InChI=1S/C67H124NO8P/c1-3-5-7-9-11-13-15-17-19-21-23-24-25-26-27-28-29-30-31-32-33-34-35-36-37-38-39-40-42-44-46-48-50-52-54-56-58-60-67(70)76-65(64-75-77(71,72)74-62-61-68)63-73-66(69)59-57-55-53-51-49-47-45-43-41-22-20-18-16-14-12-10-8-6-4-2/h5,7,11,13,17,19,23-24,26-27,65H,3-4,6,8-10,12,14-16,18,20-22,25,28-64,68H2,1-2H3,(H,71,72)/b7-5-,13-11-,19-17-,24-23-,27-26-. The van der Waals surface area contributed by atoms with Crippen molar-refractivity contribution < 1.29 is 37.6 Å². The Balaban J connectivity index is 3.81. The van der Waals surface area contributed by atoms with Crippen LogP contribution < -0.4 is 5.73 Å². The molecule has 0 fully saturated rings. The van der Waals surface area contributed by atoms with Crippen LogP contribution in [0.5, 0.6) is 0 Å². The first-order chi connectivity index (χ1) is 37.8. The van der Waals surface area contributed by atoms with Gasteiger partial charge in [0.25, 0.3) is 0 Å². The van der Waals surface area contributed by atoms with Crippen LogP contribution in [-0.2, 0) is 32.7 Å². The van der Waals surface area contributed by atoms with Gasteiger partial charge in [-0.2, -0.15) is 0 Å². The molecule has 0 aromatic rings. The van der Waals surface area contributed by atoms with Gasteiger partial charge >= 0.3 is 19.8 Å². The van der Waals surface area contributed by atoms with Crippen molar-refractivity contribution in [1.82, 2.24) is 0 Å². The Hall–Kier alpha value is -2.29. The van der Waals surface area contributed by atoms with Gasteiger partial charge in [-0.3, -0.25) is 18.6 Å². The molecule has 0 saturated carbocycles. The fourth-order valence-corrected chi connectivity index (χ4v) is 10.4. The number of carbonyl (C=O) groups is 2. The molecule has 0 amide bonds. The minimum Gasteiger partial charge on any atom is -0.462 e. The summed E-state index contributed by atoms with van der Waals surface area (Å²) < 4.78 is 33.1. The Bertz CT molecular complexity index is 1440. The molecule has 10 heteroatoms. The third-order valence-corrected chi connectivity index (χ3v) is 15.4. The summed E-state index contributed by atoms with van der Waals surface area (Å²) in [6.45, 7) is 3.69. The molecule has 0 aromatic heterocycles. The lowest BCUT2D eigenvalue weighted by Gasteiger charge is -2.19. The molecule has 0 aliphatic rings. The van der Waals surface area contributed by atoms with Crippen molar-refractivity contribution in [3.8, 4) is 0 Å². The number of nitrogens with two attached hydrogens (primary N) is 1. The average Bonchev–Trinajstić information content (AvgIpc) is 3.42. The quantitative estimate of drug-likeness (QED) is 0.0264. The lowest BCUT2D eigenvalue weighted by atomic mass is 10.0. The van der Waals surface area contributed by atoms with Gasteiger partial charge in [0.05, 0.1) is 13.2 Å². The number of hydrogen-bond donors (Lipinski definition) is 2. The molecular weight excluding hydrogens is 978 g/mol. The van der Waals surface area contributed by atoms with E-state index in [1.165, 1.54) is 225 Å². The van der Waals surface area contributed by atoms with Gasteiger partial charge in [0.15, 0.2) is 6.10 Å². The molecule has 2 atom stereocenters. The highest BCUT2D eigenvalue weighted by atomic mass is 31.2. The van der Waals surface area contributed by atoms with Crippen LogP contribution in [0.15, 0.2) is 60.8 Å². The Kier molecular flexibility index (Phi) is 61.0. The number of rotatable bonds is 62. The molecule has 0 rings (SSSR count). The van der Waals surface area contributed by atoms with Gasteiger partial charge in [-0.25, -0.2) is 4.57 Å². The van der Waals surface area contributed by atoms with Crippen molar-refractivity contribution in [2.75, 3.05) is 26.4 Å². The summed E-state index contributed by atoms with van der Waals surface area (Å²) in [6, 6.07) is 0. The number of hydrogen-bond acceptors (Lipinski definition) is 8. The molecule has 0 aliphatic heterocycles. The van der Waals surface area contributed by atoms with E-state index in [-0.39, 0.29) is 38.6 Å². The van der Waals surface area contributed by atoms with E-state index in [1.807, 2.05) is 0 Å². The van der Waals surface area contributed by atoms with Crippen LogP contribution in [0.25, 0.3) is 0 Å². The predicted octanol–water partition coefficient (Wildman–Crippen LogP) is 21.1. The molecule has 0 aromatic carbocycles. The zero-order chi connectivity index (χ0) is 55.9. The maximum absolute atomic E-state index is 12.7. The second-order valence-electron chi connectivity index (χ2n) is 22.0. The van der Waals surface area contributed by atoms with E-state index in [1.54, 1.807) is 0 Å². The monoisotopic (exact) mass is 1100 g/mol. The van der Waals surface area contributed by atoms with Crippen LogP contribution in [0.4, 0.5) is 0 Å². The van der Waals surface area contributed by atoms with E-state index >= 15 is 0 Å². The van der Waals surface area contributed by atoms with E-state index in [9.17, 15) is 19.0 Å². The van der Waals surface area contributed by atoms with Crippen LogP contribution in [0.3, 0.4) is 0 Å². The van der Waals surface area contributed by atoms with Gasteiger partial charge in [-0.15, -0.1) is 0 Å². The van der Waals surface area contributed by atoms with Crippen LogP contribution in [0.1, 0.15) is 322 Å². The van der Waals surface area contributed by atoms with E-state index in [2.05, 4.69) is 74.6 Å². The molecule has 0 spiro atoms. The van der Waals surface area contributed by atoms with Gasteiger partial charge in [-0.05, 0) is 57.8 Å². The topological polar surface area (TPSA) is 134 Å². The van der Waals surface area contributed by atoms with Crippen molar-refractivity contribution in [2.45, 2.75) is 328 Å². The predicted molar refractivity (Wildman–Crippen MR) is 330 cm³/mol. The normalized spacial score (nSPS) is 13.4. The molecule has 2 unspecified atom stereocenters. The second-order valence-corrected chi connectivity index (χ2v) is 23.4. The highest BCUT2D eigenvalue weighted by Crippen LogP contribution is 2.43. The third-order valence-electron chi connectivity index (χ3n) is 14.4. The number of ether oxygens (including phenoxy) is 2. The Labute approximate surface area is 476 Å². The minimum atomic E-state index is -4.39. The lowest BCUT2D eigenvalue weighted by molar-refractivity contribution is -0.161. The van der Waals surface area contributed by atoms with Crippen LogP contribution >= 0.6 is 7.82 Å². The van der Waals surface area contributed by atoms with Gasteiger partial charge in [-0.1, -0.05) is 312 Å². The smallest absolute Gasteiger partial charge is 0.462 e. The maximum atomic E-state index is 12.7. The first-order valence-corrected chi connectivity index (χ1v) is 34.3. The number of unbranched alkanes of at least 4 members (excludes halogenated alkanes) is 39. The number of carbonyl (C=O) groups excluding carboxylic acids is 2. The van der Waals surface area contributed by atoms with Crippen molar-refractivity contribution in [3.63, 3.8) is 0 Å². The number of allylic oxidation sites excluding steroid dienone is 10. The van der Waals surface area contributed by atoms with Gasteiger partial charge in [0.1, 0.15) is 6.61 Å². The van der Waals surface area contributed by atoms with E-state index < -0.39 is 26.5 Å². The molecule has 9 nitrogen and oxygen atoms in total. The summed E-state index contributed by atoms with van der Waals surface area (Å²) in [5, 5.41) is 0. The molecule has 3 N–H and O–H groups in total. The molecule has 0 bridgehead atoms. The average molecular weight is 1100 g/mol. The molecular formula is C67H124NO8P.